The molecule has 2 atom stereocenters. The van der Waals surface area contributed by atoms with E-state index in [9.17, 15) is 13.2 Å². The van der Waals surface area contributed by atoms with E-state index in [1.54, 1.807) is 24.3 Å². The minimum atomic E-state index is -3.54. The van der Waals surface area contributed by atoms with Crippen molar-refractivity contribution in [2.75, 3.05) is 26.2 Å². The summed E-state index contributed by atoms with van der Waals surface area (Å²) in [5.74, 6) is 0.449. The van der Waals surface area contributed by atoms with Crippen LogP contribution in [0.4, 0.5) is 0 Å². The second-order valence-electron chi connectivity index (χ2n) is 6.83. The molecule has 5 nitrogen and oxygen atoms in total. The molecule has 0 spiro atoms. The quantitative estimate of drug-likeness (QED) is 0.763. The van der Waals surface area contributed by atoms with Gasteiger partial charge in [0.1, 0.15) is 0 Å². The topological polar surface area (TPSA) is 57.7 Å². The number of rotatable bonds is 3. The third kappa shape index (κ3) is 3.68. The van der Waals surface area contributed by atoms with Crippen LogP contribution in [0.25, 0.3) is 0 Å². The maximum absolute atomic E-state index is 12.8. The van der Waals surface area contributed by atoms with Crippen molar-refractivity contribution in [1.29, 1.82) is 0 Å². The summed E-state index contributed by atoms with van der Waals surface area (Å²) in [6, 6.07) is 6.66. The Morgan fingerprint density at radius 3 is 2.46 bits per heavy atom. The normalized spacial score (nSPS) is 25.8. The number of halogens is 1. The average Bonchev–Trinajstić information content (AvgIpc) is 3.01. The molecule has 3 rings (SSSR count). The van der Waals surface area contributed by atoms with E-state index in [1.807, 2.05) is 4.90 Å². The first-order chi connectivity index (χ1) is 11.4. The molecule has 2 fully saturated rings. The summed E-state index contributed by atoms with van der Waals surface area (Å²) in [7, 11) is -3.54. The lowest BCUT2D eigenvalue weighted by molar-refractivity contribution is -0.135. The number of benzene rings is 1. The van der Waals surface area contributed by atoms with Crippen LogP contribution in [0.3, 0.4) is 0 Å². The zero-order valence-electron chi connectivity index (χ0n) is 13.8. The lowest BCUT2D eigenvalue weighted by atomic mass is 9.98. The lowest BCUT2D eigenvalue weighted by Gasteiger charge is -2.33. The highest BCUT2D eigenvalue weighted by Gasteiger charge is 2.36. The summed E-state index contributed by atoms with van der Waals surface area (Å²) in [5, 5.41) is 0. The van der Waals surface area contributed by atoms with E-state index in [2.05, 4.69) is 22.9 Å². The molecule has 1 amide bonds. The molecule has 0 radical (unpaired) electrons. The molecule has 0 N–H and O–H groups in total. The van der Waals surface area contributed by atoms with Gasteiger partial charge in [0, 0.05) is 30.7 Å². The maximum atomic E-state index is 12.8. The fraction of sp³-hybridized carbons (Fsp3) is 0.588. The number of nitrogens with zero attached hydrogens (tertiary/aromatic N) is 2. The van der Waals surface area contributed by atoms with Crippen LogP contribution >= 0.6 is 15.9 Å². The van der Waals surface area contributed by atoms with Crippen LogP contribution < -0.4 is 0 Å². The van der Waals surface area contributed by atoms with Crippen LogP contribution in [0.15, 0.2) is 33.6 Å². The Balaban J connectivity index is 1.73. The van der Waals surface area contributed by atoms with Gasteiger partial charge in [-0.2, -0.15) is 4.31 Å². The van der Waals surface area contributed by atoms with Crippen molar-refractivity contribution in [3.8, 4) is 0 Å². The standard InChI is InChI=1S/C17H23BrN2O3S/c1-13-8-10-19(11-13)17(21)14-3-2-9-20(12-14)24(22,23)16-6-4-15(18)5-7-16/h4-7,13-14H,2-3,8-12H2,1H3. The van der Waals surface area contributed by atoms with E-state index in [1.165, 1.54) is 4.31 Å². The predicted molar refractivity (Wildman–Crippen MR) is 96.0 cm³/mol. The van der Waals surface area contributed by atoms with Gasteiger partial charge in [0.25, 0.3) is 0 Å². The number of piperidine rings is 1. The summed E-state index contributed by atoms with van der Waals surface area (Å²) in [4.78, 5) is 14.9. The van der Waals surface area contributed by atoms with Crippen molar-refractivity contribution in [3.63, 3.8) is 0 Å². The van der Waals surface area contributed by atoms with Gasteiger partial charge in [-0.15, -0.1) is 0 Å². The minimum Gasteiger partial charge on any atom is -0.342 e. The maximum Gasteiger partial charge on any atom is 0.243 e. The Labute approximate surface area is 152 Å². The zero-order valence-corrected chi connectivity index (χ0v) is 16.2. The van der Waals surface area contributed by atoms with E-state index < -0.39 is 10.0 Å². The number of hydrogen-bond acceptors (Lipinski definition) is 3. The van der Waals surface area contributed by atoms with Gasteiger partial charge in [-0.25, -0.2) is 8.42 Å². The number of hydrogen-bond donors (Lipinski definition) is 0. The van der Waals surface area contributed by atoms with Crippen LogP contribution in [-0.4, -0.2) is 49.7 Å². The number of sulfonamides is 1. The van der Waals surface area contributed by atoms with Crippen molar-refractivity contribution in [3.05, 3.63) is 28.7 Å². The summed E-state index contributed by atoms with van der Waals surface area (Å²) in [5.41, 5.74) is 0. The fourth-order valence-corrected chi connectivity index (χ4v) is 5.30. The second kappa shape index (κ2) is 7.14. The minimum absolute atomic E-state index is 0.120. The third-order valence-electron chi connectivity index (χ3n) is 4.92. The van der Waals surface area contributed by atoms with E-state index in [-0.39, 0.29) is 16.7 Å². The summed E-state index contributed by atoms with van der Waals surface area (Å²) in [6.07, 6.45) is 2.55. The first-order valence-corrected chi connectivity index (χ1v) is 10.7. The van der Waals surface area contributed by atoms with Crippen molar-refractivity contribution >= 4 is 31.9 Å². The monoisotopic (exact) mass is 414 g/mol. The zero-order chi connectivity index (χ0) is 17.3. The Hall–Kier alpha value is -0.920. The predicted octanol–water partition coefficient (Wildman–Crippen LogP) is 2.72. The van der Waals surface area contributed by atoms with Gasteiger partial charge in [0.15, 0.2) is 0 Å². The molecular formula is C17H23BrN2O3S. The Morgan fingerprint density at radius 1 is 1.12 bits per heavy atom. The molecule has 1 aromatic rings. The van der Waals surface area contributed by atoms with Gasteiger partial charge in [-0.1, -0.05) is 22.9 Å². The smallest absolute Gasteiger partial charge is 0.243 e. The van der Waals surface area contributed by atoms with Gasteiger partial charge in [0.05, 0.1) is 10.8 Å². The molecule has 0 saturated carbocycles. The van der Waals surface area contributed by atoms with Crippen LogP contribution in [0.5, 0.6) is 0 Å². The van der Waals surface area contributed by atoms with Crippen LogP contribution in [0.2, 0.25) is 0 Å². The highest BCUT2D eigenvalue weighted by molar-refractivity contribution is 9.10. The Kier molecular flexibility index (Phi) is 5.32. The van der Waals surface area contributed by atoms with Gasteiger partial charge in [0.2, 0.25) is 15.9 Å². The molecular weight excluding hydrogens is 392 g/mol. The van der Waals surface area contributed by atoms with Crippen molar-refractivity contribution < 1.29 is 13.2 Å². The number of carbonyl (C=O) groups excluding carboxylic acids is 1. The molecule has 2 aliphatic rings. The Bertz CT molecular complexity index is 705. The van der Waals surface area contributed by atoms with E-state index >= 15 is 0 Å². The van der Waals surface area contributed by atoms with E-state index in [0.29, 0.717) is 19.0 Å². The van der Waals surface area contributed by atoms with Gasteiger partial charge < -0.3 is 4.90 Å². The molecule has 7 heteroatoms. The molecule has 2 unspecified atom stereocenters. The van der Waals surface area contributed by atoms with Crippen LogP contribution in [0.1, 0.15) is 26.2 Å². The highest BCUT2D eigenvalue weighted by atomic mass is 79.9. The number of likely N-dealkylation sites (tertiary alicyclic amines) is 1. The van der Waals surface area contributed by atoms with Crippen LogP contribution in [-0.2, 0) is 14.8 Å². The molecule has 2 heterocycles. The molecule has 2 saturated heterocycles. The molecule has 0 bridgehead atoms. The molecule has 0 aromatic heterocycles. The number of amides is 1. The first-order valence-electron chi connectivity index (χ1n) is 8.42. The molecule has 132 valence electrons. The van der Waals surface area contributed by atoms with E-state index in [0.717, 1.165) is 36.8 Å². The summed E-state index contributed by atoms with van der Waals surface area (Å²) >= 11 is 3.32. The first kappa shape index (κ1) is 17.9. The van der Waals surface area contributed by atoms with Gasteiger partial charge in [-0.05, 0) is 49.4 Å². The van der Waals surface area contributed by atoms with E-state index in [4.69, 9.17) is 0 Å². The second-order valence-corrected chi connectivity index (χ2v) is 9.69. The summed E-state index contributed by atoms with van der Waals surface area (Å²) in [6.45, 7) is 4.53. The number of carbonyl (C=O) groups is 1. The fourth-order valence-electron chi connectivity index (χ4n) is 3.51. The molecule has 24 heavy (non-hydrogen) atoms. The molecule has 0 aliphatic carbocycles. The highest BCUT2D eigenvalue weighted by Crippen LogP contribution is 2.27. The van der Waals surface area contributed by atoms with Gasteiger partial charge in [-0.3, -0.25) is 4.79 Å². The average molecular weight is 415 g/mol. The van der Waals surface area contributed by atoms with Crippen LogP contribution in [0, 0.1) is 11.8 Å². The third-order valence-corrected chi connectivity index (χ3v) is 7.33. The largest absolute Gasteiger partial charge is 0.342 e. The van der Waals surface area contributed by atoms with Crippen molar-refractivity contribution in [2.24, 2.45) is 11.8 Å². The van der Waals surface area contributed by atoms with Crippen molar-refractivity contribution in [1.82, 2.24) is 9.21 Å². The SMILES string of the molecule is CC1CCN(C(=O)C2CCCN(S(=O)(=O)c3ccc(Br)cc3)C2)C1. The molecule has 1 aromatic carbocycles. The lowest BCUT2D eigenvalue weighted by Crippen LogP contribution is -2.46. The van der Waals surface area contributed by atoms with Gasteiger partial charge >= 0.3 is 0 Å². The Morgan fingerprint density at radius 2 is 1.83 bits per heavy atom. The summed E-state index contributed by atoms with van der Waals surface area (Å²) < 4.78 is 28.0. The van der Waals surface area contributed by atoms with Crippen molar-refractivity contribution in [2.45, 2.75) is 31.1 Å². The molecule has 2 aliphatic heterocycles.